The smallest absolute Gasteiger partial charge is 0.147 e. The number of unbranched alkanes of at least 4 members (excludes halogenated alkanes) is 24. The van der Waals surface area contributed by atoms with E-state index < -0.39 is 0 Å². The largest absolute Gasteiger partial charge is 0.491 e. The molecule has 3 heterocycles. The second-order valence-electron chi connectivity index (χ2n) is 20.8. The average Bonchev–Trinajstić information content (AvgIpc) is 4.02. The van der Waals surface area contributed by atoms with E-state index in [2.05, 4.69) is 90.1 Å². The summed E-state index contributed by atoms with van der Waals surface area (Å²) >= 11 is 3.73. The third kappa shape index (κ3) is 20.4. The van der Waals surface area contributed by atoms with Crippen LogP contribution < -0.4 is 9.47 Å². The van der Waals surface area contributed by atoms with Gasteiger partial charge in [0.05, 0.1) is 24.2 Å². The number of aryl methyl sites for hydroxylation is 2. The number of hydrogen-bond donors (Lipinski definition) is 0. The first-order valence-electron chi connectivity index (χ1n) is 28.6. The zero-order chi connectivity index (χ0) is 48.0. The lowest BCUT2D eigenvalue weighted by molar-refractivity contribution is 0.225. The minimum Gasteiger partial charge on any atom is -0.491 e. The number of rotatable bonds is 40. The highest BCUT2D eigenvalue weighted by Crippen LogP contribution is 2.41. The van der Waals surface area contributed by atoms with Gasteiger partial charge in [0.15, 0.2) is 0 Å². The molecule has 0 saturated heterocycles. The molecule has 0 spiro atoms. The second kappa shape index (κ2) is 33.6. The Labute approximate surface area is 424 Å². The zero-order valence-electron chi connectivity index (χ0n) is 44.3. The fourth-order valence-electron chi connectivity index (χ4n) is 10.1. The number of ether oxygens (including phenoxy) is 2. The molecule has 2 unspecified atom stereocenters. The molecule has 0 aliphatic rings. The van der Waals surface area contributed by atoms with Gasteiger partial charge in [0.1, 0.15) is 22.5 Å². The van der Waals surface area contributed by atoms with Gasteiger partial charge in [-0.1, -0.05) is 207 Å². The zero-order valence-corrected chi connectivity index (χ0v) is 46.0. The van der Waals surface area contributed by atoms with Gasteiger partial charge in [-0.25, -0.2) is 9.97 Å². The predicted octanol–water partition coefficient (Wildman–Crippen LogP) is 21.4. The molecule has 2 atom stereocenters. The van der Waals surface area contributed by atoms with Gasteiger partial charge in [-0.05, 0) is 111 Å². The third-order valence-corrected chi connectivity index (χ3v) is 16.7. The molecule has 0 bridgehead atoms. The van der Waals surface area contributed by atoms with Crippen molar-refractivity contribution < 1.29 is 9.47 Å². The van der Waals surface area contributed by atoms with E-state index in [0.717, 1.165) is 57.9 Å². The maximum absolute atomic E-state index is 7.07. The summed E-state index contributed by atoms with van der Waals surface area (Å²) in [5, 5.41) is 0. The third-order valence-electron chi connectivity index (χ3n) is 14.4. The van der Waals surface area contributed by atoms with Gasteiger partial charge in [0.25, 0.3) is 0 Å². The Morgan fingerprint density at radius 3 is 1.19 bits per heavy atom. The molecule has 0 N–H and O–H groups in total. The maximum Gasteiger partial charge on any atom is 0.147 e. The summed E-state index contributed by atoms with van der Waals surface area (Å²) in [6.45, 7) is 15.1. The van der Waals surface area contributed by atoms with Crippen molar-refractivity contribution in [3.8, 4) is 31.7 Å². The summed E-state index contributed by atoms with van der Waals surface area (Å²) in [4.78, 5) is 16.1. The van der Waals surface area contributed by atoms with E-state index in [1.54, 1.807) is 0 Å². The first-order valence-corrected chi connectivity index (χ1v) is 30.2. The fraction of sp³-hybridized carbons (Fsp3) is 0.677. The van der Waals surface area contributed by atoms with Crippen LogP contribution in [0.3, 0.4) is 0 Å². The highest BCUT2D eigenvalue weighted by Gasteiger charge is 2.19. The summed E-state index contributed by atoms with van der Waals surface area (Å²) in [5.41, 5.74) is 5.83. The number of benzene rings is 2. The van der Waals surface area contributed by atoms with E-state index in [9.17, 15) is 0 Å². The molecular formula is C62H96N2O2S2. The summed E-state index contributed by atoms with van der Waals surface area (Å²) in [6, 6.07) is 18.0. The average molecular weight is 966 g/mol. The van der Waals surface area contributed by atoms with Crippen LogP contribution in [0.4, 0.5) is 0 Å². The van der Waals surface area contributed by atoms with E-state index in [-0.39, 0.29) is 0 Å². The van der Waals surface area contributed by atoms with Crippen molar-refractivity contribution in [1.29, 1.82) is 0 Å². The van der Waals surface area contributed by atoms with Crippen molar-refractivity contribution in [3.05, 3.63) is 59.0 Å². The Kier molecular flexibility index (Phi) is 27.6. The lowest BCUT2D eigenvalue weighted by Crippen LogP contribution is -2.13. The normalized spacial score (nSPS) is 12.7. The number of fused-ring (bicyclic) bond motifs is 2. The topological polar surface area (TPSA) is 44.2 Å². The first-order chi connectivity index (χ1) is 33.4. The number of nitrogens with zero attached hydrogens (tertiary/aromatic N) is 2. The maximum atomic E-state index is 7.07. The standard InChI is InChI=1S/C62H96N2O2S2/c1-7-11-15-19-23-25-29-33-37-51(35-31-27-21-17-13-9-3)47-65-56-44-49(5)43-54-61(56)64-55-45-53(58-41-42-60(68-58)59-40-39-50(6)67-59)46-57(62(55)63-54)66-48-52(36-32-28-22-18-14-10-4)38-34-30-26-24-20-16-12-8-2/h39-46,51-52H,7-38,47-48H2,1-6H3. The van der Waals surface area contributed by atoms with Crippen molar-refractivity contribution in [3.63, 3.8) is 0 Å². The molecule has 2 aromatic carbocycles. The minimum absolute atomic E-state index is 0.543. The summed E-state index contributed by atoms with van der Waals surface area (Å²) in [5.74, 6) is 2.85. The predicted molar refractivity (Wildman–Crippen MR) is 302 cm³/mol. The number of hydrogen-bond acceptors (Lipinski definition) is 6. The monoisotopic (exact) mass is 965 g/mol. The number of aromatic nitrogens is 2. The van der Waals surface area contributed by atoms with E-state index in [4.69, 9.17) is 19.4 Å². The molecule has 68 heavy (non-hydrogen) atoms. The Morgan fingerprint density at radius 1 is 0.397 bits per heavy atom. The minimum atomic E-state index is 0.543. The van der Waals surface area contributed by atoms with Crippen LogP contribution in [0.5, 0.6) is 11.5 Å². The highest BCUT2D eigenvalue weighted by atomic mass is 32.1. The summed E-state index contributed by atoms with van der Waals surface area (Å²) < 4.78 is 14.0. The fourth-order valence-corrected chi connectivity index (χ4v) is 12.1. The van der Waals surface area contributed by atoms with Gasteiger partial charge in [-0.15, -0.1) is 22.7 Å². The van der Waals surface area contributed by atoms with Crippen molar-refractivity contribution in [1.82, 2.24) is 9.97 Å². The molecule has 0 saturated carbocycles. The van der Waals surface area contributed by atoms with E-state index in [0.29, 0.717) is 11.8 Å². The van der Waals surface area contributed by atoms with Gasteiger partial charge < -0.3 is 9.47 Å². The molecular weight excluding hydrogens is 869 g/mol. The van der Waals surface area contributed by atoms with Crippen molar-refractivity contribution in [2.24, 2.45) is 11.8 Å². The van der Waals surface area contributed by atoms with E-state index in [1.165, 1.54) is 225 Å². The number of thiophene rings is 2. The summed E-state index contributed by atoms with van der Waals surface area (Å²) in [7, 11) is 0. The quantitative estimate of drug-likeness (QED) is 0.0290. The van der Waals surface area contributed by atoms with Crippen molar-refractivity contribution in [2.75, 3.05) is 13.2 Å². The molecule has 0 radical (unpaired) electrons. The van der Waals surface area contributed by atoms with Crippen LogP contribution in [0, 0.1) is 25.7 Å². The Hall–Kier alpha value is -2.96. The van der Waals surface area contributed by atoms with Gasteiger partial charge >= 0.3 is 0 Å². The Morgan fingerprint density at radius 2 is 0.765 bits per heavy atom. The lowest BCUT2D eigenvalue weighted by Gasteiger charge is -2.20. The first kappa shape index (κ1) is 56.0. The SMILES string of the molecule is CCCCCCCCCCC(CCCCCCCC)COc1cc(C)cc2nc3c(OCC(CCCCCCCC)CCCCCCCCCC)cc(-c4ccc(-c5ccc(C)s5)s4)cc3nc12. The van der Waals surface area contributed by atoms with Crippen LogP contribution in [-0.4, -0.2) is 23.2 Å². The lowest BCUT2D eigenvalue weighted by atomic mass is 9.94. The molecule has 5 rings (SSSR count). The van der Waals surface area contributed by atoms with Gasteiger partial charge in [-0.3, -0.25) is 0 Å². The molecule has 0 fully saturated rings. The molecule has 0 amide bonds. The molecule has 378 valence electrons. The van der Waals surface area contributed by atoms with Crippen molar-refractivity contribution >= 4 is 44.7 Å². The molecule has 0 aliphatic heterocycles. The van der Waals surface area contributed by atoms with Crippen LogP contribution in [0.15, 0.2) is 48.5 Å². The summed E-state index contributed by atoms with van der Waals surface area (Å²) in [6.07, 6.45) is 42.7. The molecule has 4 nitrogen and oxygen atoms in total. The Bertz CT molecular complexity index is 2080. The van der Waals surface area contributed by atoms with Crippen LogP contribution in [0.2, 0.25) is 0 Å². The Balaban J connectivity index is 1.39. The molecule has 0 aliphatic carbocycles. The van der Waals surface area contributed by atoms with Crippen LogP contribution in [0.25, 0.3) is 42.3 Å². The van der Waals surface area contributed by atoms with Crippen molar-refractivity contribution in [2.45, 2.75) is 247 Å². The van der Waals surface area contributed by atoms with Crippen LogP contribution in [-0.2, 0) is 0 Å². The molecule has 6 heteroatoms. The second-order valence-corrected chi connectivity index (χ2v) is 23.1. The van der Waals surface area contributed by atoms with Crippen LogP contribution in [0.1, 0.15) is 244 Å². The van der Waals surface area contributed by atoms with E-state index in [1.807, 2.05) is 22.7 Å². The van der Waals surface area contributed by atoms with E-state index >= 15 is 0 Å². The van der Waals surface area contributed by atoms with Crippen LogP contribution >= 0.6 is 22.7 Å². The van der Waals surface area contributed by atoms with Gasteiger partial charge in [0.2, 0.25) is 0 Å². The van der Waals surface area contributed by atoms with Gasteiger partial charge in [-0.2, -0.15) is 0 Å². The van der Waals surface area contributed by atoms with Gasteiger partial charge in [0, 0.05) is 19.5 Å². The molecule has 5 aromatic rings. The highest BCUT2D eigenvalue weighted by molar-refractivity contribution is 7.23. The molecule has 3 aromatic heterocycles.